The number of carbonyl (C=O) groups is 1. The predicted molar refractivity (Wildman–Crippen MR) is 140 cm³/mol. The van der Waals surface area contributed by atoms with Gasteiger partial charge in [-0.15, -0.1) is 0 Å². The first-order chi connectivity index (χ1) is 16.3. The molecule has 5 heteroatoms. The summed E-state index contributed by atoms with van der Waals surface area (Å²) in [7, 11) is 4.16. The van der Waals surface area contributed by atoms with E-state index in [4.69, 9.17) is 5.73 Å². The van der Waals surface area contributed by atoms with Gasteiger partial charge in [0, 0.05) is 43.5 Å². The minimum Gasteiger partial charge on any atom is -0.316 e. The van der Waals surface area contributed by atoms with E-state index in [0.29, 0.717) is 6.54 Å². The molecule has 178 valence electrons. The molecule has 1 aliphatic rings. The molecule has 0 radical (unpaired) electrons. The fourth-order valence-electron chi connectivity index (χ4n) is 5.25. The SMILES string of the molecule is CN(C(=O)C(C)(N)CN1CC[N+](C)(C(c2ccccc2)c2ccccc2)CC1)c1ccccc1. The van der Waals surface area contributed by atoms with Gasteiger partial charge in [-0.3, -0.25) is 9.69 Å². The molecule has 1 heterocycles. The standard InChI is InChI=1S/C29H37N4O/c1-29(30,28(34)31(2)26-17-11-6-12-18-26)23-32-19-21-33(3,22-20-32)27(24-13-7-4-8-14-24)25-15-9-5-10-16-25/h4-18,27H,19-23,30H2,1-3H3/q+1. The van der Waals surface area contributed by atoms with Gasteiger partial charge in [-0.05, 0) is 19.1 Å². The first kappa shape index (κ1) is 24.1. The second kappa shape index (κ2) is 10.1. The molecule has 1 amide bonds. The molecule has 0 bridgehead atoms. The number of para-hydroxylation sites is 1. The normalized spacial score (nSPS) is 17.8. The lowest BCUT2D eigenvalue weighted by molar-refractivity contribution is -0.937. The summed E-state index contributed by atoms with van der Waals surface area (Å²) in [6.45, 7) is 6.20. The van der Waals surface area contributed by atoms with E-state index in [1.165, 1.54) is 11.1 Å². The van der Waals surface area contributed by atoms with Crippen molar-refractivity contribution < 1.29 is 9.28 Å². The van der Waals surface area contributed by atoms with E-state index in [1.54, 1.807) is 11.9 Å². The number of amides is 1. The van der Waals surface area contributed by atoms with E-state index in [-0.39, 0.29) is 11.9 Å². The van der Waals surface area contributed by atoms with Crippen LogP contribution in [0.5, 0.6) is 0 Å². The fourth-order valence-corrected chi connectivity index (χ4v) is 5.25. The van der Waals surface area contributed by atoms with Gasteiger partial charge in [0.05, 0.1) is 20.1 Å². The third kappa shape index (κ3) is 5.22. The van der Waals surface area contributed by atoms with Crippen LogP contribution in [0.15, 0.2) is 91.0 Å². The molecule has 4 rings (SSSR count). The first-order valence-corrected chi connectivity index (χ1v) is 12.1. The van der Waals surface area contributed by atoms with E-state index < -0.39 is 5.54 Å². The number of rotatable bonds is 7. The summed E-state index contributed by atoms with van der Waals surface area (Å²) in [4.78, 5) is 17.2. The van der Waals surface area contributed by atoms with Crippen molar-refractivity contribution in [3.63, 3.8) is 0 Å². The van der Waals surface area contributed by atoms with E-state index in [2.05, 4.69) is 72.6 Å². The number of carbonyl (C=O) groups excluding carboxylic acids is 1. The molecule has 2 N–H and O–H groups in total. The summed E-state index contributed by atoms with van der Waals surface area (Å²) >= 11 is 0. The summed E-state index contributed by atoms with van der Waals surface area (Å²) in [6, 6.07) is 31.6. The number of nitrogens with zero attached hydrogens (tertiary/aromatic N) is 3. The van der Waals surface area contributed by atoms with Gasteiger partial charge in [0.2, 0.25) is 5.91 Å². The van der Waals surface area contributed by atoms with Crippen LogP contribution in [0.3, 0.4) is 0 Å². The van der Waals surface area contributed by atoms with Crippen LogP contribution >= 0.6 is 0 Å². The van der Waals surface area contributed by atoms with Crippen LogP contribution in [0.4, 0.5) is 5.69 Å². The number of nitrogens with two attached hydrogens (primary N) is 1. The number of likely N-dealkylation sites (N-methyl/N-ethyl adjacent to an activating group) is 2. The van der Waals surface area contributed by atoms with Crippen molar-refractivity contribution in [3.8, 4) is 0 Å². The molecular formula is C29H37N4O+. The van der Waals surface area contributed by atoms with Gasteiger partial charge in [-0.25, -0.2) is 0 Å². The van der Waals surface area contributed by atoms with Crippen LogP contribution in [-0.2, 0) is 4.79 Å². The van der Waals surface area contributed by atoms with Gasteiger partial charge in [-0.1, -0.05) is 78.9 Å². The molecule has 1 atom stereocenters. The monoisotopic (exact) mass is 457 g/mol. The molecule has 0 aromatic heterocycles. The highest BCUT2D eigenvalue weighted by Gasteiger charge is 2.41. The highest BCUT2D eigenvalue weighted by molar-refractivity contribution is 5.99. The average molecular weight is 458 g/mol. The Balaban J connectivity index is 1.46. The Bertz CT molecular complexity index is 1020. The first-order valence-electron chi connectivity index (χ1n) is 12.1. The predicted octanol–water partition coefficient (Wildman–Crippen LogP) is 3.92. The quantitative estimate of drug-likeness (QED) is 0.547. The number of anilines is 1. The molecule has 1 unspecified atom stereocenters. The third-order valence-corrected chi connectivity index (χ3v) is 7.20. The molecule has 1 fully saturated rings. The molecule has 0 aliphatic carbocycles. The Kier molecular flexibility index (Phi) is 7.17. The lowest BCUT2D eigenvalue weighted by atomic mass is 9.93. The fraction of sp³-hybridized carbons (Fsp3) is 0.345. The van der Waals surface area contributed by atoms with E-state index in [1.807, 2.05) is 37.3 Å². The average Bonchev–Trinajstić information content (AvgIpc) is 2.86. The zero-order valence-electron chi connectivity index (χ0n) is 20.6. The largest absolute Gasteiger partial charge is 0.316 e. The second-order valence-electron chi connectivity index (χ2n) is 10.0. The topological polar surface area (TPSA) is 49.6 Å². The molecule has 3 aromatic rings. The van der Waals surface area contributed by atoms with Crippen molar-refractivity contribution in [1.29, 1.82) is 0 Å². The van der Waals surface area contributed by atoms with Crippen molar-refractivity contribution >= 4 is 11.6 Å². The minimum atomic E-state index is -0.955. The van der Waals surface area contributed by atoms with Gasteiger partial charge in [-0.2, -0.15) is 0 Å². The lowest BCUT2D eigenvalue weighted by Gasteiger charge is -2.48. The smallest absolute Gasteiger partial charge is 0.247 e. The van der Waals surface area contributed by atoms with Crippen molar-refractivity contribution in [2.45, 2.75) is 18.5 Å². The summed E-state index contributed by atoms with van der Waals surface area (Å²) in [5.41, 5.74) is 9.19. The number of quaternary nitrogens is 1. The van der Waals surface area contributed by atoms with E-state index in [0.717, 1.165) is 36.3 Å². The summed E-state index contributed by atoms with van der Waals surface area (Å²) < 4.78 is 0.934. The summed E-state index contributed by atoms with van der Waals surface area (Å²) in [5, 5.41) is 0. The summed E-state index contributed by atoms with van der Waals surface area (Å²) in [5.74, 6) is -0.0621. The van der Waals surface area contributed by atoms with E-state index >= 15 is 0 Å². The second-order valence-corrected chi connectivity index (χ2v) is 10.0. The van der Waals surface area contributed by atoms with Crippen molar-refractivity contribution in [3.05, 3.63) is 102 Å². The van der Waals surface area contributed by atoms with Gasteiger partial charge in [0.25, 0.3) is 0 Å². The minimum absolute atomic E-state index is 0.0621. The number of hydrogen-bond acceptors (Lipinski definition) is 3. The van der Waals surface area contributed by atoms with Crippen LogP contribution in [0.1, 0.15) is 24.1 Å². The zero-order chi connectivity index (χ0) is 24.2. The van der Waals surface area contributed by atoms with Gasteiger partial charge in [0.1, 0.15) is 11.6 Å². The molecule has 0 saturated carbocycles. The molecule has 1 aliphatic heterocycles. The lowest BCUT2D eigenvalue weighted by Crippen LogP contribution is -2.64. The Morgan fingerprint density at radius 3 is 1.82 bits per heavy atom. The number of benzene rings is 3. The Hall–Kier alpha value is -2.99. The summed E-state index contributed by atoms with van der Waals surface area (Å²) in [6.07, 6.45) is 0. The van der Waals surface area contributed by atoms with Crippen molar-refractivity contribution in [2.24, 2.45) is 5.73 Å². The van der Waals surface area contributed by atoms with Crippen LogP contribution in [-0.4, -0.2) is 67.6 Å². The van der Waals surface area contributed by atoms with Crippen molar-refractivity contribution in [1.82, 2.24) is 4.90 Å². The van der Waals surface area contributed by atoms with Crippen molar-refractivity contribution in [2.75, 3.05) is 51.7 Å². The molecule has 0 spiro atoms. The maximum absolute atomic E-state index is 13.2. The maximum atomic E-state index is 13.2. The molecular weight excluding hydrogens is 420 g/mol. The van der Waals surface area contributed by atoms with Gasteiger partial charge in [0.15, 0.2) is 0 Å². The highest BCUT2D eigenvalue weighted by Crippen LogP contribution is 2.35. The Morgan fingerprint density at radius 2 is 1.35 bits per heavy atom. The van der Waals surface area contributed by atoms with Crippen LogP contribution in [0, 0.1) is 0 Å². The maximum Gasteiger partial charge on any atom is 0.247 e. The number of hydrogen-bond donors (Lipinski definition) is 1. The molecule has 34 heavy (non-hydrogen) atoms. The third-order valence-electron chi connectivity index (χ3n) is 7.20. The van der Waals surface area contributed by atoms with Gasteiger partial charge >= 0.3 is 0 Å². The van der Waals surface area contributed by atoms with Gasteiger partial charge < -0.3 is 15.1 Å². The molecule has 5 nitrogen and oxygen atoms in total. The van der Waals surface area contributed by atoms with E-state index in [9.17, 15) is 4.79 Å². The Morgan fingerprint density at radius 1 is 0.912 bits per heavy atom. The van der Waals surface area contributed by atoms with Crippen LogP contribution in [0.2, 0.25) is 0 Å². The Labute approximate surface area is 204 Å². The highest BCUT2D eigenvalue weighted by atomic mass is 16.2. The number of piperazine rings is 1. The molecule has 1 saturated heterocycles. The zero-order valence-corrected chi connectivity index (χ0v) is 20.6. The van der Waals surface area contributed by atoms with Crippen LogP contribution < -0.4 is 10.6 Å². The van der Waals surface area contributed by atoms with Crippen LogP contribution in [0.25, 0.3) is 0 Å². The molecule has 3 aromatic carbocycles.